The third-order valence-corrected chi connectivity index (χ3v) is 4.89. The third kappa shape index (κ3) is 4.64. The summed E-state index contributed by atoms with van der Waals surface area (Å²) in [6.07, 6.45) is 6.39. The highest BCUT2D eigenvalue weighted by Gasteiger charge is 2.13. The fourth-order valence-corrected chi connectivity index (χ4v) is 3.39. The molecular weight excluding hydrogens is 370 g/mol. The zero-order valence-electron chi connectivity index (χ0n) is 13.8. The number of rotatable bonds is 6. The first kappa shape index (κ1) is 18.0. The van der Waals surface area contributed by atoms with Gasteiger partial charge in [-0.1, -0.05) is 12.1 Å². The van der Waals surface area contributed by atoms with Crippen LogP contribution in [0.5, 0.6) is 0 Å². The Morgan fingerprint density at radius 1 is 1.19 bits per heavy atom. The second-order valence-electron chi connectivity index (χ2n) is 5.11. The van der Waals surface area contributed by atoms with Crippen LogP contribution in [0.25, 0.3) is 0 Å². The number of anilines is 2. The van der Waals surface area contributed by atoms with Crippen LogP contribution in [0, 0.1) is 0 Å². The van der Waals surface area contributed by atoms with Gasteiger partial charge in [-0.3, -0.25) is 19.9 Å². The first-order valence-electron chi connectivity index (χ1n) is 7.60. The van der Waals surface area contributed by atoms with Gasteiger partial charge in [0.1, 0.15) is 5.69 Å². The Bertz CT molecular complexity index is 914. The fourth-order valence-electron chi connectivity index (χ4n) is 2.13. The van der Waals surface area contributed by atoms with Gasteiger partial charge in [0.2, 0.25) is 5.91 Å². The van der Waals surface area contributed by atoms with Crippen LogP contribution in [-0.4, -0.2) is 33.0 Å². The highest BCUT2D eigenvalue weighted by Crippen LogP contribution is 2.25. The van der Waals surface area contributed by atoms with Gasteiger partial charge < -0.3 is 5.32 Å². The molecule has 132 valence electrons. The molecule has 2 N–H and O–H groups in total. The van der Waals surface area contributed by atoms with Crippen LogP contribution in [0.2, 0.25) is 0 Å². The molecule has 0 unspecified atom stereocenters. The van der Waals surface area contributed by atoms with E-state index < -0.39 is 5.91 Å². The van der Waals surface area contributed by atoms with Crippen LogP contribution in [-0.2, 0) is 11.2 Å². The Morgan fingerprint density at radius 2 is 2.04 bits per heavy atom. The molecule has 9 heteroatoms. The monoisotopic (exact) mass is 385 g/mol. The van der Waals surface area contributed by atoms with Gasteiger partial charge in [0.25, 0.3) is 5.91 Å². The molecule has 0 saturated heterocycles. The van der Waals surface area contributed by atoms with Crippen molar-refractivity contribution >= 4 is 45.7 Å². The molecule has 0 spiro atoms. The van der Waals surface area contributed by atoms with Crippen molar-refractivity contribution in [1.29, 1.82) is 0 Å². The molecule has 0 atom stereocenters. The molecule has 0 radical (unpaired) electrons. The molecule has 2 aromatic heterocycles. The summed E-state index contributed by atoms with van der Waals surface area (Å²) in [5, 5.41) is 7.69. The quantitative estimate of drug-likeness (QED) is 0.633. The molecule has 0 fully saturated rings. The highest BCUT2D eigenvalue weighted by molar-refractivity contribution is 7.98. The predicted octanol–water partition coefficient (Wildman–Crippen LogP) is 3.09. The van der Waals surface area contributed by atoms with Crippen LogP contribution in [0.15, 0.2) is 53.1 Å². The van der Waals surface area contributed by atoms with E-state index in [1.54, 1.807) is 17.1 Å². The predicted molar refractivity (Wildman–Crippen MR) is 103 cm³/mol. The second-order valence-corrected chi connectivity index (χ2v) is 6.82. The number of nitrogens with zero attached hydrogens (tertiary/aromatic N) is 3. The van der Waals surface area contributed by atoms with Gasteiger partial charge in [-0.05, 0) is 18.4 Å². The number of carbonyl (C=O) groups is 2. The molecule has 0 saturated carbocycles. The van der Waals surface area contributed by atoms with Gasteiger partial charge >= 0.3 is 0 Å². The molecule has 7 nitrogen and oxygen atoms in total. The zero-order chi connectivity index (χ0) is 18.4. The van der Waals surface area contributed by atoms with Gasteiger partial charge in [-0.25, -0.2) is 9.97 Å². The molecular formula is C17H15N5O2S2. The second kappa shape index (κ2) is 8.54. The molecule has 2 heterocycles. The molecule has 3 aromatic rings. The number of amides is 2. The molecule has 3 rings (SSSR count). The van der Waals surface area contributed by atoms with Crippen molar-refractivity contribution in [2.45, 2.75) is 11.3 Å². The number of benzene rings is 1. The molecule has 0 bridgehead atoms. The van der Waals surface area contributed by atoms with E-state index in [1.807, 2.05) is 30.5 Å². The maximum absolute atomic E-state index is 12.2. The van der Waals surface area contributed by atoms with E-state index >= 15 is 0 Å². The summed E-state index contributed by atoms with van der Waals surface area (Å²) in [6.45, 7) is 0. The zero-order valence-corrected chi connectivity index (χ0v) is 15.4. The Kier molecular flexibility index (Phi) is 5.92. The number of nitrogens with one attached hydrogen (secondary N) is 2. The molecule has 0 aliphatic carbocycles. The van der Waals surface area contributed by atoms with Crippen LogP contribution in [0.1, 0.15) is 16.2 Å². The van der Waals surface area contributed by atoms with Gasteiger partial charge in [0.15, 0.2) is 5.13 Å². The number of hydrogen-bond donors (Lipinski definition) is 2. The minimum absolute atomic E-state index is 0.125. The minimum atomic E-state index is -0.391. The standard InChI is InChI=1S/C17H15N5O2S2/c1-25-14-5-3-2-4-12(14)21-15(23)8-11-10-26-17(20-11)22-16(24)13-9-18-6-7-19-13/h2-7,9-10H,8H2,1H3,(H,21,23)(H,20,22,24). The maximum atomic E-state index is 12.2. The number of carbonyl (C=O) groups excluding carboxylic acids is 2. The number of thioether (sulfide) groups is 1. The third-order valence-electron chi connectivity index (χ3n) is 3.29. The Balaban J connectivity index is 1.59. The summed E-state index contributed by atoms with van der Waals surface area (Å²) in [6, 6.07) is 7.60. The summed E-state index contributed by atoms with van der Waals surface area (Å²) in [5.74, 6) is -0.555. The summed E-state index contributed by atoms with van der Waals surface area (Å²) in [5.41, 5.74) is 1.57. The SMILES string of the molecule is CSc1ccccc1NC(=O)Cc1csc(NC(=O)c2cnccn2)n1. The summed E-state index contributed by atoms with van der Waals surface area (Å²) < 4.78 is 0. The van der Waals surface area contributed by atoms with Crippen molar-refractivity contribution in [3.05, 3.63) is 59.6 Å². The van der Waals surface area contributed by atoms with Crippen molar-refractivity contribution in [2.75, 3.05) is 16.9 Å². The Labute approximate surface area is 158 Å². The summed E-state index contributed by atoms with van der Waals surface area (Å²) in [4.78, 5) is 37.3. The lowest BCUT2D eigenvalue weighted by molar-refractivity contribution is -0.115. The van der Waals surface area contributed by atoms with Crippen LogP contribution in [0.4, 0.5) is 10.8 Å². The first-order chi connectivity index (χ1) is 12.7. The van der Waals surface area contributed by atoms with Crippen molar-refractivity contribution in [3.63, 3.8) is 0 Å². The van der Waals surface area contributed by atoms with Gasteiger partial charge in [0.05, 0.1) is 24.0 Å². The maximum Gasteiger partial charge on any atom is 0.277 e. The lowest BCUT2D eigenvalue weighted by atomic mass is 10.3. The molecule has 26 heavy (non-hydrogen) atoms. The molecule has 0 aliphatic rings. The Morgan fingerprint density at radius 3 is 2.81 bits per heavy atom. The number of hydrogen-bond acceptors (Lipinski definition) is 7. The average Bonchev–Trinajstić information content (AvgIpc) is 3.09. The van der Waals surface area contributed by atoms with Crippen molar-refractivity contribution in [2.24, 2.45) is 0 Å². The summed E-state index contributed by atoms with van der Waals surface area (Å²) in [7, 11) is 0. The van der Waals surface area contributed by atoms with Crippen LogP contribution < -0.4 is 10.6 Å². The van der Waals surface area contributed by atoms with E-state index in [0.29, 0.717) is 10.8 Å². The minimum Gasteiger partial charge on any atom is -0.325 e. The lowest BCUT2D eigenvalue weighted by Crippen LogP contribution is -2.16. The van der Waals surface area contributed by atoms with Gasteiger partial charge in [-0.2, -0.15) is 0 Å². The van der Waals surface area contributed by atoms with Gasteiger partial charge in [-0.15, -0.1) is 23.1 Å². The van der Waals surface area contributed by atoms with E-state index in [-0.39, 0.29) is 18.0 Å². The number of thiazole rings is 1. The molecule has 1 aromatic carbocycles. The highest BCUT2D eigenvalue weighted by atomic mass is 32.2. The van der Waals surface area contributed by atoms with E-state index in [9.17, 15) is 9.59 Å². The molecule has 0 aliphatic heterocycles. The fraction of sp³-hybridized carbons (Fsp3) is 0.118. The normalized spacial score (nSPS) is 10.3. The van der Waals surface area contributed by atoms with Crippen LogP contribution in [0.3, 0.4) is 0 Å². The van der Waals surface area contributed by atoms with Gasteiger partial charge in [0, 0.05) is 22.7 Å². The van der Waals surface area contributed by atoms with E-state index in [2.05, 4.69) is 25.6 Å². The van der Waals surface area contributed by atoms with Crippen molar-refractivity contribution in [3.8, 4) is 0 Å². The average molecular weight is 385 g/mol. The topological polar surface area (TPSA) is 96.9 Å². The van der Waals surface area contributed by atoms with E-state index in [1.165, 1.54) is 29.9 Å². The number of aromatic nitrogens is 3. The molecule has 2 amide bonds. The van der Waals surface area contributed by atoms with Crippen LogP contribution >= 0.6 is 23.1 Å². The summed E-state index contributed by atoms with van der Waals surface area (Å²) >= 11 is 2.82. The lowest BCUT2D eigenvalue weighted by Gasteiger charge is -2.08. The first-order valence-corrected chi connectivity index (χ1v) is 9.71. The largest absolute Gasteiger partial charge is 0.325 e. The van der Waals surface area contributed by atoms with E-state index in [0.717, 1.165) is 10.6 Å². The van der Waals surface area contributed by atoms with Crippen molar-refractivity contribution < 1.29 is 9.59 Å². The number of para-hydroxylation sites is 1. The Hall–Kier alpha value is -2.78. The van der Waals surface area contributed by atoms with Crippen molar-refractivity contribution in [1.82, 2.24) is 15.0 Å². The van der Waals surface area contributed by atoms with E-state index in [4.69, 9.17) is 0 Å². The smallest absolute Gasteiger partial charge is 0.277 e.